The van der Waals surface area contributed by atoms with E-state index in [1.54, 1.807) is 18.2 Å². The molecule has 0 spiro atoms. The van der Waals surface area contributed by atoms with E-state index in [-0.39, 0.29) is 35.0 Å². The largest absolute Gasteiger partial charge is 0.352 e. The average molecular weight is 643 g/mol. The fourth-order valence-electron chi connectivity index (χ4n) is 7.19. The summed E-state index contributed by atoms with van der Waals surface area (Å²) in [5.74, 6) is 0.0273. The minimum Gasteiger partial charge on any atom is -0.352 e. The van der Waals surface area contributed by atoms with Gasteiger partial charge in [-0.2, -0.15) is 10.2 Å². The zero-order valence-corrected chi connectivity index (χ0v) is 26.6. The molecule has 4 aromatic heterocycles. The van der Waals surface area contributed by atoms with E-state index in [9.17, 15) is 19.2 Å². The van der Waals surface area contributed by atoms with Gasteiger partial charge in [-0.05, 0) is 72.2 Å². The summed E-state index contributed by atoms with van der Waals surface area (Å²) in [6, 6.07) is 15.9. The van der Waals surface area contributed by atoms with E-state index in [0.717, 1.165) is 44.5 Å². The first kappa shape index (κ1) is 29.6. The predicted octanol–water partition coefficient (Wildman–Crippen LogP) is 3.48. The van der Waals surface area contributed by atoms with Crippen LogP contribution in [-0.2, 0) is 22.7 Å². The van der Waals surface area contributed by atoms with Crippen LogP contribution in [0.5, 0.6) is 0 Å². The van der Waals surface area contributed by atoms with Crippen LogP contribution in [0.15, 0.2) is 83.2 Å². The van der Waals surface area contributed by atoms with E-state index in [4.69, 9.17) is 0 Å². The van der Waals surface area contributed by atoms with Gasteiger partial charge in [0.2, 0.25) is 11.8 Å². The van der Waals surface area contributed by atoms with Gasteiger partial charge in [-0.1, -0.05) is 36.4 Å². The fraction of sp³-hybridized carbons (Fsp3) is 0.278. The van der Waals surface area contributed by atoms with E-state index < -0.39 is 0 Å². The van der Waals surface area contributed by atoms with E-state index in [1.807, 2.05) is 48.8 Å². The average Bonchev–Trinajstić information content (AvgIpc) is 3.88. The summed E-state index contributed by atoms with van der Waals surface area (Å²) in [6.45, 7) is 4.95. The molecule has 2 aliphatic heterocycles. The summed E-state index contributed by atoms with van der Waals surface area (Å²) in [5, 5.41) is 14.8. The molecule has 2 amide bonds. The number of carbonyl (C=O) groups is 2. The maximum Gasteiger partial charge on any atom is 0.277 e. The van der Waals surface area contributed by atoms with Gasteiger partial charge in [-0.25, -0.2) is 9.03 Å². The van der Waals surface area contributed by atoms with Crippen molar-refractivity contribution in [2.45, 2.75) is 64.7 Å². The Labute approximate surface area is 274 Å². The molecule has 2 saturated heterocycles. The first-order valence-corrected chi connectivity index (χ1v) is 16.2. The molecule has 0 bridgehead atoms. The van der Waals surface area contributed by atoms with E-state index >= 15 is 0 Å². The van der Waals surface area contributed by atoms with E-state index in [2.05, 4.69) is 46.8 Å². The van der Waals surface area contributed by atoms with Crippen LogP contribution < -0.4 is 21.8 Å². The molecule has 2 fully saturated rings. The maximum atomic E-state index is 13.4. The molecule has 2 aliphatic rings. The van der Waals surface area contributed by atoms with Crippen LogP contribution in [0.1, 0.15) is 36.8 Å². The Morgan fingerprint density at radius 1 is 0.646 bits per heavy atom. The van der Waals surface area contributed by atoms with Gasteiger partial charge in [0.25, 0.3) is 11.1 Å². The van der Waals surface area contributed by atoms with E-state index in [0.29, 0.717) is 49.8 Å². The molecule has 2 N–H and O–H groups in total. The lowest BCUT2D eigenvalue weighted by Gasteiger charge is -2.15. The van der Waals surface area contributed by atoms with Gasteiger partial charge in [0.15, 0.2) is 0 Å². The van der Waals surface area contributed by atoms with Crippen LogP contribution in [0.3, 0.4) is 0 Å². The van der Waals surface area contributed by atoms with E-state index in [1.165, 1.54) is 12.7 Å². The zero-order chi connectivity index (χ0) is 33.1. The summed E-state index contributed by atoms with van der Waals surface area (Å²) in [7, 11) is 0. The van der Waals surface area contributed by atoms with Crippen LogP contribution in [0.25, 0.3) is 44.4 Å². The third kappa shape index (κ3) is 5.09. The fourth-order valence-corrected chi connectivity index (χ4v) is 7.19. The van der Waals surface area contributed by atoms with Crippen molar-refractivity contribution in [2.24, 2.45) is 0 Å². The van der Waals surface area contributed by atoms with Gasteiger partial charge in [0.1, 0.15) is 23.7 Å². The first-order chi connectivity index (χ1) is 23.2. The molecule has 6 heterocycles. The number of rotatable bonds is 7. The number of fused-ring (bicyclic) bond motifs is 2. The van der Waals surface area contributed by atoms with Crippen molar-refractivity contribution >= 4 is 22.8 Å². The number of amides is 2. The number of benzene rings is 2. The van der Waals surface area contributed by atoms with Gasteiger partial charge in [-0.3, -0.25) is 28.3 Å². The number of hydrogen-bond acceptors (Lipinski definition) is 6. The lowest BCUT2D eigenvalue weighted by atomic mass is 9.89. The van der Waals surface area contributed by atoms with Crippen molar-refractivity contribution < 1.29 is 9.59 Å². The topological polar surface area (TPSA) is 137 Å². The Kier molecular flexibility index (Phi) is 7.08. The van der Waals surface area contributed by atoms with Gasteiger partial charge < -0.3 is 10.6 Å². The third-order valence-electron chi connectivity index (χ3n) is 9.78. The molecule has 8 rings (SSSR count). The second-order valence-corrected chi connectivity index (χ2v) is 12.9. The summed E-state index contributed by atoms with van der Waals surface area (Å²) >= 11 is 0. The van der Waals surface area contributed by atoms with Crippen LogP contribution in [0.4, 0.5) is 0 Å². The first-order valence-electron chi connectivity index (χ1n) is 16.2. The molecule has 2 atom stereocenters. The normalized spacial score (nSPS) is 17.8. The minimum atomic E-state index is -0.152. The molecular weight excluding hydrogens is 608 g/mol. The van der Waals surface area contributed by atoms with Gasteiger partial charge >= 0.3 is 0 Å². The summed E-state index contributed by atoms with van der Waals surface area (Å²) in [5.41, 5.74) is 8.66. The Morgan fingerprint density at radius 3 is 1.46 bits per heavy atom. The van der Waals surface area contributed by atoms with Crippen LogP contribution in [0, 0.1) is 13.8 Å². The van der Waals surface area contributed by atoms with Crippen molar-refractivity contribution in [1.82, 2.24) is 39.0 Å². The molecular formula is C36H34N8O4. The van der Waals surface area contributed by atoms with Gasteiger partial charge in [0, 0.05) is 61.5 Å². The van der Waals surface area contributed by atoms with Crippen LogP contribution in [-0.4, -0.2) is 52.3 Å². The van der Waals surface area contributed by atoms with Crippen molar-refractivity contribution in [1.29, 1.82) is 0 Å². The van der Waals surface area contributed by atoms with Crippen LogP contribution in [0.2, 0.25) is 0 Å². The number of carbonyl (C=O) groups excluding carboxylic acids is 2. The molecule has 0 unspecified atom stereocenters. The lowest BCUT2D eigenvalue weighted by molar-refractivity contribution is -0.120. The number of aromatic nitrogens is 6. The molecule has 48 heavy (non-hydrogen) atoms. The predicted molar refractivity (Wildman–Crippen MR) is 181 cm³/mol. The van der Waals surface area contributed by atoms with Crippen molar-refractivity contribution in [3.63, 3.8) is 0 Å². The molecule has 2 aromatic carbocycles. The van der Waals surface area contributed by atoms with Crippen molar-refractivity contribution in [2.75, 3.05) is 0 Å². The standard InChI is InChI=1S/C36H34N8O4/c1-21-27(23-13-31-35(47)41(19-37-43(31)15-23)17-25-9-11-33(45)39-25)5-3-7-29(21)30-8-4-6-28(22(30)2)24-14-32-36(48)42(20-38-44(32)16-24)18-26-10-12-34(46)40-26/h3-8,13-16,19-20,25-26H,9-12,17-18H2,1-2H3,(H,39,45)(H,40,46)/t25-,26-/m0/s1. The SMILES string of the molecule is Cc1c(-c2cc3c(=O)n(C[C@@H]4CCC(=O)N4)cnn3c2)cccc1-c1cccc(-c2cc3c(=O)n(C[C@@H]4CCC(=O)N4)cnn3c2)c1C. The number of hydrogen-bond donors (Lipinski definition) is 2. The monoisotopic (exact) mass is 642 g/mol. The minimum absolute atomic E-state index is 0.0137. The Hall–Kier alpha value is -5.78. The molecule has 12 nitrogen and oxygen atoms in total. The van der Waals surface area contributed by atoms with Gasteiger partial charge in [0.05, 0.1) is 0 Å². The highest BCUT2D eigenvalue weighted by atomic mass is 16.2. The summed E-state index contributed by atoms with van der Waals surface area (Å²) < 4.78 is 6.36. The summed E-state index contributed by atoms with van der Waals surface area (Å²) in [6.07, 6.45) is 9.19. The zero-order valence-electron chi connectivity index (χ0n) is 26.6. The molecule has 6 aromatic rings. The third-order valence-corrected chi connectivity index (χ3v) is 9.78. The molecule has 12 heteroatoms. The lowest BCUT2D eigenvalue weighted by Crippen LogP contribution is -2.34. The molecule has 242 valence electrons. The maximum absolute atomic E-state index is 13.4. The van der Waals surface area contributed by atoms with Crippen molar-refractivity contribution in [3.05, 3.63) is 105 Å². The van der Waals surface area contributed by atoms with Crippen LogP contribution >= 0.6 is 0 Å². The Bertz CT molecular complexity index is 2230. The smallest absolute Gasteiger partial charge is 0.277 e. The number of nitrogens with zero attached hydrogens (tertiary/aromatic N) is 6. The molecule has 0 aliphatic carbocycles. The highest BCUT2D eigenvalue weighted by molar-refractivity contribution is 5.85. The highest BCUT2D eigenvalue weighted by Crippen LogP contribution is 2.37. The molecule has 0 saturated carbocycles. The number of nitrogens with one attached hydrogen (secondary N) is 2. The van der Waals surface area contributed by atoms with Gasteiger partial charge in [-0.15, -0.1) is 0 Å². The quantitative estimate of drug-likeness (QED) is 0.274. The highest BCUT2D eigenvalue weighted by Gasteiger charge is 2.23. The summed E-state index contributed by atoms with van der Waals surface area (Å²) in [4.78, 5) is 50.0. The Morgan fingerprint density at radius 2 is 1.06 bits per heavy atom. The second kappa shape index (κ2) is 11.5. The van der Waals surface area contributed by atoms with Crippen molar-refractivity contribution in [3.8, 4) is 33.4 Å². The second-order valence-electron chi connectivity index (χ2n) is 12.9. The molecule has 0 radical (unpaired) electrons. The Balaban J connectivity index is 1.12.